The van der Waals surface area contributed by atoms with Gasteiger partial charge in [-0.15, -0.1) is 11.3 Å². The first-order chi connectivity index (χ1) is 13.7. The highest BCUT2D eigenvalue weighted by Crippen LogP contribution is 2.29. The number of hydrogen-bond acceptors (Lipinski definition) is 8. The molecule has 4 rings (SSSR count). The van der Waals surface area contributed by atoms with Crippen molar-refractivity contribution in [2.45, 2.75) is 0 Å². The van der Waals surface area contributed by atoms with Gasteiger partial charge in [0.2, 0.25) is 5.13 Å². The van der Waals surface area contributed by atoms with Crippen LogP contribution >= 0.6 is 11.3 Å². The van der Waals surface area contributed by atoms with Crippen molar-refractivity contribution in [3.05, 3.63) is 69.9 Å². The summed E-state index contributed by atoms with van der Waals surface area (Å²) in [5, 5.41) is 16.8. The number of phenolic OH excluding ortho intramolecular Hbond substituents is 1. The number of aromatic hydroxyl groups is 1. The molecule has 0 amide bonds. The Morgan fingerprint density at radius 2 is 2.11 bits per heavy atom. The van der Waals surface area contributed by atoms with Crippen LogP contribution < -0.4 is 15.8 Å². The molecule has 0 saturated heterocycles. The lowest BCUT2D eigenvalue weighted by molar-refractivity contribution is 0.407. The van der Waals surface area contributed by atoms with E-state index >= 15 is 0 Å². The molecule has 2 heterocycles. The van der Waals surface area contributed by atoms with E-state index in [1.54, 1.807) is 41.8 Å². The predicted octanol–water partition coefficient (Wildman–Crippen LogP) is 4.08. The first-order valence-electron chi connectivity index (χ1n) is 8.29. The average Bonchev–Trinajstić information content (AvgIpc) is 3.17. The summed E-state index contributed by atoms with van der Waals surface area (Å²) in [6.07, 6.45) is 1.49. The van der Waals surface area contributed by atoms with Crippen molar-refractivity contribution in [1.29, 1.82) is 0 Å². The number of nitrogens with one attached hydrogen (secondary N) is 1. The minimum atomic E-state index is -0.494. The molecule has 0 radical (unpaired) electrons. The summed E-state index contributed by atoms with van der Waals surface area (Å²) in [4.78, 5) is 16.8. The van der Waals surface area contributed by atoms with Crippen LogP contribution in [0.25, 0.3) is 22.2 Å². The fraction of sp³-hybridized carbons (Fsp3) is 0.0500. The zero-order valence-electron chi connectivity index (χ0n) is 14.7. The number of hydrazone groups is 1. The fourth-order valence-corrected chi connectivity index (χ4v) is 3.32. The number of ether oxygens (including phenoxy) is 1. The van der Waals surface area contributed by atoms with E-state index in [9.17, 15) is 9.90 Å². The molecule has 2 aromatic carbocycles. The summed E-state index contributed by atoms with van der Waals surface area (Å²) in [5.41, 5.74) is 4.13. The van der Waals surface area contributed by atoms with Crippen molar-refractivity contribution >= 4 is 33.7 Å². The van der Waals surface area contributed by atoms with Gasteiger partial charge in [0.05, 0.1) is 24.6 Å². The van der Waals surface area contributed by atoms with E-state index in [0.717, 1.165) is 5.39 Å². The molecule has 4 aromatic rings. The lowest BCUT2D eigenvalue weighted by atomic mass is 10.1. The topological polar surface area (TPSA) is 97.0 Å². The summed E-state index contributed by atoms with van der Waals surface area (Å²) >= 11 is 1.30. The molecule has 0 unspecified atom stereocenters. The zero-order valence-corrected chi connectivity index (χ0v) is 15.6. The largest absolute Gasteiger partial charge is 0.507 e. The molecule has 2 aromatic heterocycles. The van der Waals surface area contributed by atoms with E-state index in [1.807, 2.05) is 12.1 Å². The van der Waals surface area contributed by atoms with E-state index in [2.05, 4.69) is 15.5 Å². The first-order valence-corrected chi connectivity index (χ1v) is 9.17. The SMILES string of the molecule is COc1cccc2cc(-c3csc(N/N=C/c4ccccc4O)n3)c(=O)oc12. The average molecular weight is 393 g/mol. The molecule has 2 N–H and O–H groups in total. The minimum Gasteiger partial charge on any atom is -0.507 e. The van der Waals surface area contributed by atoms with Gasteiger partial charge in [-0.25, -0.2) is 9.78 Å². The number of phenols is 1. The third-order valence-corrected chi connectivity index (χ3v) is 4.77. The van der Waals surface area contributed by atoms with Gasteiger partial charge >= 0.3 is 5.63 Å². The third-order valence-electron chi connectivity index (χ3n) is 4.02. The van der Waals surface area contributed by atoms with Gasteiger partial charge in [0.15, 0.2) is 11.3 Å². The predicted molar refractivity (Wildman–Crippen MR) is 109 cm³/mol. The molecule has 0 bridgehead atoms. The molecule has 0 aliphatic carbocycles. The molecule has 0 fully saturated rings. The maximum absolute atomic E-state index is 12.4. The van der Waals surface area contributed by atoms with Crippen LogP contribution in [0.2, 0.25) is 0 Å². The summed E-state index contributed by atoms with van der Waals surface area (Å²) < 4.78 is 10.7. The zero-order chi connectivity index (χ0) is 19.5. The molecule has 0 atom stereocenters. The quantitative estimate of drug-likeness (QED) is 0.301. The summed E-state index contributed by atoms with van der Waals surface area (Å²) in [7, 11) is 1.52. The van der Waals surface area contributed by atoms with Crippen molar-refractivity contribution in [1.82, 2.24) is 4.98 Å². The molecule has 28 heavy (non-hydrogen) atoms. The van der Waals surface area contributed by atoms with Crippen molar-refractivity contribution in [3.8, 4) is 22.8 Å². The number of hydrogen-bond donors (Lipinski definition) is 2. The molecule has 8 heteroatoms. The molecule has 0 saturated carbocycles. The number of aromatic nitrogens is 1. The monoisotopic (exact) mass is 393 g/mol. The highest BCUT2D eigenvalue weighted by molar-refractivity contribution is 7.14. The Kier molecular flexibility index (Phi) is 4.77. The van der Waals surface area contributed by atoms with E-state index in [4.69, 9.17) is 9.15 Å². The van der Waals surface area contributed by atoms with Crippen LogP contribution in [0, 0.1) is 0 Å². The Morgan fingerprint density at radius 1 is 1.25 bits per heavy atom. The Bertz CT molecular complexity index is 1230. The number of nitrogens with zero attached hydrogens (tertiary/aromatic N) is 2. The van der Waals surface area contributed by atoms with E-state index < -0.39 is 5.63 Å². The molecule has 0 aliphatic heterocycles. The van der Waals surface area contributed by atoms with Crippen molar-refractivity contribution < 1.29 is 14.3 Å². The van der Waals surface area contributed by atoms with Crippen LogP contribution in [0.15, 0.2) is 68.2 Å². The van der Waals surface area contributed by atoms with Gasteiger partial charge in [-0.3, -0.25) is 5.43 Å². The van der Waals surface area contributed by atoms with E-state index in [-0.39, 0.29) is 5.75 Å². The van der Waals surface area contributed by atoms with Crippen molar-refractivity contribution in [2.75, 3.05) is 12.5 Å². The molecular weight excluding hydrogens is 378 g/mol. The number of thiazole rings is 1. The second-order valence-electron chi connectivity index (χ2n) is 5.79. The summed E-state index contributed by atoms with van der Waals surface area (Å²) in [5.74, 6) is 0.636. The number of methoxy groups -OCH3 is 1. The lowest BCUT2D eigenvalue weighted by Crippen LogP contribution is -2.03. The second-order valence-corrected chi connectivity index (χ2v) is 6.65. The number of fused-ring (bicyclic) bond motifs is 1. The molecule has 140 valence electrons. The first kappa shape index (κ1) is 17.7. The maximum atomic E-state index is 12.4. The lowest BCUT2D eigenvalue weighted by Gasteiger charge is -2.04. The molecule has 7 nitrogen and oxygen atoms in total. The Balaban J connectivity index is 1.60. The van der Waals surface area contributed by atoms with Crippen LogP contribution in [0.5, 0.6) is 11.5 Å². The standard InChI is InChI=1S/C20H15N3O4S/c1-26-17-8-4-6-12-9-14(19(25)27-18(12)17)15-11-28-20(22-15)23-21-10-13-5-2-3-7-16(13)24/h2-11,24H,1H3,(H,22,23)/b21-10+. The minimum absolute atomic E-state index is 0.136. The maximum Gasteiger partial charge on any atom is 0.345 e. The van der Waals surface area contributed by atoms with Gasteiger partial charge in [0.25, 0.3) is 0 Å². The normalized spacial score (nSPS) is 11.2. The van der Waals surface area contributed by atoms with Crippen LogP contribution in [0.3, 0.4) is 0 Å². The number of anilines is 1. The van der Waals surface area contributed by atoms with Crippen LogP contribution in [0.1, 0.15) is 5.56 Å². The van der Waals surface area contributed by atoms with Gasteiger partial charge in [0.1, 0.15) is 5.75 Å². The Hall–Kier alpha value is -3.65. The van der Waals surface area contributed by atoms with Crippen molar-refractivity contribution in [2.24, 2.45) is 5.10 Å². The molecular formula is C20H15N3O4S. The summed E-state index contributed by atoms with van der Waals surface area (Å²) in [6, 6.07) is 14.0. The van der Waals surface area contributed by atoms with Gasteiger partial charge in [-0.05, 0) is 24.3 Å². The van der Waals surface area contributed by atoms with Crippen molar-refractivity contribution in [3.63, 3.8) is 0 Å². The molecule has 0 aliphatic rings. The Morgan fingerprint density at radius 3 is 2.93 bits per heavy atom. The third kappa shape index (κ3) is 3.45. The highest BCUT2D eigenvalue weighted by atomic mass is 32.1. The summed E-state index contributed by atoms with van der Waals surface area (Å²) in [6.45, 7) is 0. The van der Waals surface area contributed by atoms with Gasteiger partial charge < -0.3 is 14.3 Å². The van der Waals surface area contributed by atoms with Crippen LogP contribution in [0.4, 0.5) is 5.13 Å². The number of rotatable bonds is 5. The van der Waals surface area contributed by atoms with Crippen LogP contribution in [-0.2, 0) is 0 Å². The number of benzene rings is 2. The fourth-order valence-electron chi connectivity index (χ4n) is 2.66. The molecule has 0 spiro atoms. The van der Waals surface area contributed by atoms with Crippen LogP contribution in [-0.4, -0.2) is 23.4 Å². The van der Waals surface area contributed by atoms with Gasteiger partial charge in [0, 0.05) is 16.3 Å². The number of para-hydroxylation sites is 2. The van der Waals surface area contributed by atoms with E-state index in [1.165, 1.54) is 24.7 Å². The Labute approximate surface area is 163 Å². The van der Waals surface area contributed by atoms with Gasteiger partial charge in [-0.2, -0.15) is 5.10 Å². The smallest absolute Gasteiger partial charge is 0.345 e. The van der Waals surface area contributed by atoms with Gasteiger partial charge in [-0.1, -0.05) is 24.3 Å². The van der Waals surface area contributed by atoms with E-state index in [0.29, 0.717) is 33.3 Å². The second kappa shape index (κ2) is 7.53. The highest BCUT2D eigenvalue weighted by Gasteiger charge is 2.13.